The monoisotopic (exact) mass is 378 g/mol. The maximum atomic E-state index is 12.3. The minimum Gasteiger partial charge on any atom is -0.493 e. The van der Waals surface area contributed by atoms with Gasteiger partial charge in [0.05, 0.1) is 18.6 Å². The third-order valence-corrected chi connectivity index (χ3v) is 5.06. The molecule has 7 nitrogen and oxygen atoms in total. The van der Waals surface area contributed by atoms with Crippen LogP contribution >= 0.6 is 0 Å². The van der Waals surface area contributed by atoms with Gasteiger partial charge in [0.1, 0.15) is 0 Å². The van der Waals surface area contributed by atoms with Crippen molar-refractivity contribution in [3.8, 4) is 11.5 Å². The lowest BCUT2D eigenvalue weighted by Crippen LogP contribution is -2.41. The first-order chi connectivity index (χ1) is 12.3. The molecule has 0 saturated heterocycles. The van der Waals surface area contributed by atoms with Gasteiger partial charge in [-0.1, -0.05) is 6.07 Å². The quantitative estimate of drug-likeness (QED) is 0.721. The fourth-order valence-corrected chi connectivity index (χ4v) is 3.13. The minimum atomic E-state index is -3.87. The number of methoxy groups -OCH3 is 1. The highest BCUT2D eigenvalue weighted by Crippen LogP contribution is 2.28. The van der Waals surface area contributed by atoms with Crippen LogP contribution in [0.5, 0.6) is 11.5 Å². The number of hydrogen-bond acceptors (Lipinski definition) is 5. The molecule has 0 aliphatic heterocycles. The maximum absolute atomic E-state index is 12.3. The first-order valence-corrected chi connectivity index (χ1v) is 9.47. The van der Waals surface area contributed by atoms with E-state index in [0.717, 1.165) is 11.1 Å². The SMILES string of the molecule is CCOc1ccc(C(=O)NNS(=O)(=O)c2ccc(C)c(C)c2)cc1OC. The summed E-state index contributed by atoms with van der Waals surface area (Å²) >= 11 is 0. The molecule has 140 valence electrons. The summed E-state index contributed by atoms with van der Waals surface area (Å²) < 4.78 is 35.2. The number of ether oxygens (including phenoxy) is 2. The Labute approximate surface area is 153 Å². The van der Waals surface area contributed by atoms with Crippen LogP contribution in [-0.2, 0) is 10.0 Å². The second-order valence-corrected chi connectivity index (χ2v) is 7.29. The van der Waals surface area contributed by atoms with E-state index < -0.39 is 15.9 Å². The summed E-state index contributed by atoms with van der Waals surface area (Å²) in [5, 5.41) is 0. The van der Waals surface area contributed by atoms with E-state index in [2.05, 4.69) is 10.3 Å². The number of hydrazine groups is 1. The average molecular weight is 378 g/mol. The number of carbonyl (C=O) groups excluding carboxylic acids is 1. The summed E-state index contributed by atoms with van der Waals surface area (Å²) in [7, 11) is -2.41. The molecule has 8 heteroatoms. The van der Waals surface area contributed by atoms with E-state index in [0.29, 0.717) is 18.1 Å². The van der Waals surface area contributed by atoms with Gasteiger partial charge in [0.25, 0.3) is 15.9 Å². The zero-order valence-electron chi connectivity index (χ0n) is 15.1. The number of rotatable bonds is 7. The molecule has 0 radical (unpaired) electrons. The predicted octanol–water partition coefficient (Wildman–Crippen LogP) is 2.33. The Morgan fingerprint density at radius 2 is 1.77 bits per heavy atom. The zero-order valence-corrected chi connectivity index (χ0v) is 15.9. The van der Waals surface area contributed by atoms with Crippen LogP contribution in [0.1, 0.15) is 28.4 Å². The summed E-state index contributed by atoms with van der Waals surface area (Å²) in [6, 6.07) is 9.33. The molecule has 1 amide bonds. The second kappa shape index (κ2) is 8.20. The number of carbonyl (C=O) groups is 1. The molecule has 2 N–H and O–H groups in total. The molecule has 0 fully saturated rings. The molecule has 0 heterocycles. The molecule has 0 aliphatic carbocycles. The van der Waals surface area contributed by atoms with Crippen LogP contribution in [0.2, 0.25) is 0 Å². The molecule has 0 atom stereocenters. The van der Waals surface area contributed by atoms with Crippen LogP contribution in [0.25, 0.3) is 0 Å². The average Bonchev–Trinajstić information content (AvgIpc) is 2.62. The zero-order chi connectivity index (χ0) is 19.3. The van der Waals surface area contributed by atoms with E-state index in [9.17, 15) is 13.2 Å². The number of nitrogens with one attached hydrogen (secondary N) is 2. The number of amides is 1. The molecule has 0 saturated carbocycles. The Balaban J connectivity index is 2.13. The first-order valence-electron chi connectivity index (χ1n) is 7.98. The number of sulfonamides is 1. The van der Waals surface area contributed by atoms with Gasteiger partial charge in [-0.15, -0.1) is 4.83 Å². The Morgan fingerprint density at radius 1 is 1.04 bits per heavy atom. The fraction of sp³-hybridized carbons (Fsp3) is 0.278. The van der Waals surface area contributed by atoms with Gasteiger partial charge in [-0.2, -0.15) is 0 Å². The summed E-state index contributed by atoms with van der Waals surface area (Å²) in [6.45, 7) is 6.00. The number of aryl methyl sites for hydroxylation is 2. The molecule has 0 spiro atoms. The Hall–Kier alpha value is -2.58. The first kappa shape index (κ1) is 19.7. The van der Waals surface area contributed by atoms with Crippen molar-refractivity contribution in [2.45, 2.75) is 25.7 Å². The van der Waals surface area contributed by atoms with Gasteiger partial charge in [0, 0.05) is 5.56 Å². The number of benzene rings is 2. The van der Waals surface area contributed by atoms with E-state index >= 15 is 0 Å². The van der Waals surface area contributed by atoms with Crippen LogP contribution in [0.15, 0.2) is 41.3 Å². The van der Waals surface area contributed by atoms with Gasteiger partial charge >= 0.3 is 0 Å². The highest BCUT2D eigenvalue weighted by molar-refractivity contribution is 7.89. The topological polar surface area (TPSA) is 93.7 Å². The third kappa shape index (κ3) is 4.53. The lowest BCUT2D eigenvalue weighted by atomic mass is 10.1. The van der Waals surface area contributed by atoms with Crippen LogP contribution in [0.4, 0.5) is 0 Å². The molecule has 0 bridgehead atoms. The van der Waals surface area contributed by atoms with E-state index in [1.807, 2.05) is 20.8 Å². The van der Waals surface area contributed by atoms with Crippen molar-refractivity contribution in [1.82, 2.24) is 10.3 Å². The second-order valence-electron chi connectivity index (χ2n) is 5.60. The van der Waals surface area contributed by atoms with Gasteiger partial charge in [-0.05, 0) is 62.2 Å². The highest BCUT2D eigenvalue weighted by Gasteiger charge is 2.17. The van der Waals surface area contributed by atoms with Crippen LogP contribution in [-0.4, -0.2) is 28.0 Å². The van der Waals surface area contributed by atoms with Crippen molar-refractivity contribution in [2.24, 2.45) is 0 Å². The van der Waals surface area contributed by atoms with Crippen molar-refractivity contribution in [3.63, 3.8) is 0 Å². The molecule has 0 aromatic heterocycles. The highest BCUT2D eigenvalue weighted by atomic mass is 32.2. The Morgan fingerprint density at radius 3 is 2.38 bits per heavy atom. The van der Waals surface area contributed by atoms with Crippen LogP contribution in [0.3, 0.4) is 0 Å². The standard InChI is InChI=1S/C18H22N2O5S/c1-5-25-16-9-7-14(11-17(16)24-4)18(21)19-20-26(22,23)15-8-6-12(2)13(3)10-15/h6-11,20H,5H2,1-4H3,(H,19,21). The predicted molar refractivity (Wildman–Crippen MR) is 97.9 cm³/mol. The summed E-state index contributed by atoms with van der Waals surface area (Å²) in [6.07, 6.45) is 0. The fourth-order valence-electron chi connectivity index (χ4n) is 2.21. The van der Waals surface area contributed by atoms with E-state index in [-0.39, 0.29) is 10.5 Å². The van der Waals surface area contributed by atoms with Crippen molar-refractivity contribution >= 4 is 15.9 Å². The van der Waals surface area contributed by atoms with Crippen molar-refractivity contribution < 1.29 is 22.7 Å². The molecular weight excluding hydrogens is 356 g/mol. The Bertz CT molecular complexity index is 910. The molecule has 2 rings (SSSR count). The molecule has 0 unspecified atom stereocenters. The Kier molecular flexibility index (Phi) is 6.23. The van der Waals surface area contributed by atoms with Gasteiger partial charge in [0.15, 0.2) is 11.5 Å². The van der Waals surface area contributed by atoms with Crippen molar-refractivity contribution in [3.05, 3.63) is 53.1 Å². The van der Waals surface area contributed by atoms with Crippen LogP contribution in [0, 0.1) is 13.8 Å². The largest absolute Gasteiger partial charge is 0.493 e. The molecule has 2 aromatic carbocycles. The molecule has 26 heavy (non-hydrogen) atoms. The van der Waals surface area contributed by atoms with Gasteiger partial charge < -0.3 is 9.47 Å². The summed E-state index contributed by atoms with van der Waals surface area (Å²) in [5.74, 6) is 0.275. The van der Waals surface area contributed by atoms with Crippen LogP contribution < -0.4 is 19.7 Å². The summed E-state index contributed by atoms with van der Waals surface area (Å²) in [5.41, 5.74) is 4.26. The lowest BCUT2D eigenvalue weighted by Gasteiger charge is -2.12. The van der Waals surface area contributed by atoms with Gasteiger partial charge in [0.2, 0.25) is 0 Å². The third-order valence-electron chi connectivity index (χ3n) is 3.81. The van der Waals surface area contributed by atoms with Gasteiger partial charge in [-0.25, -0.2) is 8.42 Å². The van der Waals surface area contributed by atoms with Crippen molar-refractivity contribution in [1.29, 1.82) is 0 Å². The maximum Gasteiger partial charge on any atom is 0.266 e. The summed E-state index contributed by atoms with van der Waals surface area (Å²) in [4.78, 5) is 14.4. The minimum absolute atomic E-state index is 0.0742. The van der Waals surface area contributed by atoms with E-state index in [1.165, 1.54) is 25.3 Å². The molecular formula is C18H22N2O5S. The van der Waals surface area contributed by atoms with Gasteiger partial charge in [-0.3, -0.25) is 10.2 Å². The van der Waals surface area contributed by atoms with E-state index in [1.54, 1.807) is 18.2 Å². The smallest absolute Gasteiger partial charge is 0.266 e. The molecule has 2 aromatic rings. The lowest BCUT2D eigenvalue weighted by molar-refractivity contribution is 0.0944. The number of hydrogen-bond donors (Lipinski definition) is 2. The van der Waals surface area contributed by atoms with Crippen molar-refractivity contribution in [2.75, 3.05) is 13.7 Å². The molecule has 0 aliphatic rings. The normalized spacial score (nSPS) is 11.1. The van der Waals surface area contributed by atoms with E-state index in [4.69, 9.17) is 9.47 Å².